The lowest BCUT2D eigenvalue weighted by Gasteiger charge is -2.17. The van der Waals surface area contributed by atoms with E-state index >= 15 is 0 Å². The molecule has 2 aromatic rings. The van der Waals surface area contributed by atoms with Crippen LogP contribution >= 0.6 is 0 Å². The van der Waals surface area contributed by atoms with Crippen molar-refractivity contribution in [3.05, 3.63) is 16.7 Å². The van der Waals surface area contributed by atoms with E-state index in [2.05, 4.69) is 15.0 Å². The van der Waals surface area contributed by atoms with E-state index < -0.39 is 30.1 Å². The third-order valence-corrected chi connectivity index (χ3v) is 3.49. The van der Waals surface area contributed by atoms with Gasteiger partial charge in [-0.1, -0.05) is 0 Å². The van der Waals surface area contributed by atoms with Crippen LogP contribution in [0.2, 0.25) is 0 Å². The summed E-state index contributed by atoms with van der Waals surface area (Å²) >= 11 is 0. The fourth-order valence-electron chi connectivity index (χ4n) is 2.52. The van der Waals surface area contributed by atoms with Gasteiger partial charge in [-0.15, -0.1) is 0 Å². The first-order valence-electron chi connectivity index (χ1n) is 6.26. The Bertz CT molecular complexity index is 713. The zero-order chi connectivity index (χ0) is 15.1. The lowest BCUT2D eigenvalue weighted by atomic mass is 10.1. The number of hydrogen-bond donors (Lipinski definition) is 4. The molecule has 0 spiro atoms. The monoisotopic (exact) mass is 297 g/mol. The first kappa shape index (κ1) is 13.9. The summed E-state index contributed by atoms with van der Waals surface area (Å²) in [5.41, 5.74) is 5.31. The van der Waals surface area contributed by atoms with Crippen LogP contribution in [0.3, 0.4) is 0 Å². The van der Waals surface area contributed by atoms with Crippen molar-refractivity contribution in [3.8, 4) is 0 Å². The molecule has 0 bridgehead atoms. The molecule has 21 heavy (non-hydrogen) atoms. The number of imidazole rings is 1. The van der Waals surface area contributed by atoms with Crippen LogP contribution in [-0.4, -0.2) is 61.8 Å². The number of fused-ring (bicyclic) bond motifs is 1. The summed E-state index contributed by atoms with van der Waals surface area (Å²) in [4.78, 5) is 22.0. The topological polar surface area (TPSA) is 149 Å². The number of anilines is 1. The summed E-state index contributed by atoms with van der Waals surface area (Å²) < 4.78 is 12.1. The SMILES string of the molecule is CO[C@@H]1C(O)[C@H](n2cnc3c(=O)[nH]c(N)nc32)O[C@@H]1CO. The molecule has 1 saturated heterocycles. The maximum absolute atomic E-state index is 11.7. The van der Waals surface area contributed by atoms with Crippen LogP contribution in [0.25, 0.3) is 11.2 Å². The van der Waals surface area contributed by atoms with Crippen LogP contribution in [0.5, 0.6) is 0 Å². The highest BCUT2D eigenvalue weighted by Gasteiger charge is 2.45. The minimum atomic E-state index is -1.05. The predicted molar refractivity (Wildman–Crippen MR) is 70.4 cm³/mol. The lowest BCUT2D eigenvalue weighted by Crippen LogP contribution is -2.35. The number of nitrogen functional groups attached to an aromatic ring is 1. The van der Waals surface area contributed by atoms with Gasteiger partial charge in [-0.05, 0) is 0 Å². The molecule has 0 saturated carbocycles. The maximum atomic E-state index is 11.7. The van der Waals surface area contributed by atoms with Crippen molar-refractivity contribution in [2.75, 3.05) is 19.5 Å². The highest BCUT2D eigenvalue weighted by Crippen LogP contribution is 2.32. The summed E-state index contributed by atoms with van der Waals surface area (Å²) in [6, 6.07) is 0. The Morgan fingerprint density at radius 2 is 2.38 bits per heavy atom. The highest BCUT2D eigenvalue weighted by atomic mass is 16.6. The number of hydrogen-bond acceptors (Lipinski definition) is 8. The molecule has 114 valence electrons. The number of ether oxygens (including phenoxy) is 2. The van der Waals surface area contributed by atoms with Crippen LogP contribution in [-0.2, 0) is 9.47 Å². The average molecular weight is 297 g/mol. The number of H-pyrrole nitrogens is 1. The van der Waals surface area contributed by atoms with Gasteiger partial charge in [-0.2, -0.15) is 4.98 Å². The van der Waals surface area contributed by atoms with Crippen molar-refractivity contribution in [2.45, 2.75) is 24.5 Å². The van der Waals surface area contributed by atoms with E-state index in [4.69, 9.17) is 15.2 Å². The minimum Gasteiger partial charge on any atom is -0.394 e. The molecule has 5 N–H and O–H groups in total. The molecule has 0 aliphatic carbocycles. The number of aliphatic hydroxyl groups excluding tert-OH is 2. The number of aliphatic hydroxyl groups is 2. The minimum absolute atomic E-state index is 0.0660. The smallest absolute Gasteiger partial charge is 0.280 e. The molecule has 1 aliphatic heterocycles. The fraction of sp³-hybridized carbons (Fsp3) is 0.545. The van der Waals surface area contributed by atoms with E-state index in [9.17, 15) is 15.0 Å². The molecule has 2 aromatic heterocycles. The van der Waals surface area contributed by atoms with Crippen LogP contribution in [0, 0.1) is 0 Å². The van der Waals surface area contributed by atoms with Gasteiger partial charge >= 0.3 is 0 Å². The normalized spacial score (nSPS) is 29.3. The van der Waals surface area contributed by atoms with Crippen molar-refractivity contribution in [2.24, 2.45) is 0 Å². The molecule has 1 fully saturated rings. The molecule has 0 aromatic carbocycles. The first-order chi connectivity index (χ1) is 10.1. The van der Waals surface area contributed by atoms with Gasteiger partial charge in [0.1, 0.15) is 18.3 Å². The molecular weight excluding hydrogens is 282 g/mol. The van der Waals surface area contributed by atoms with E-state index in [-0.39, 0.29) is 23.7 Å². The van der Waals surface area contributed by atoms with Crippen molar-refractivity contribution in [1.29, 1.82) is 0 Å². The number of nitrogens with two attached hydrogens (primary N) is 1. The van der Waals surface area contributed by atoms with Crippen molar-refractivity contribution in [1.82, 2.24) is 19.5 Å². The molecule has 0 amide bonds. The average Bonchev–Trinajstić information content (AvgIpc) is 2.99. The van der Waals surface area contributed by atoms with E-state index in [0.29, 0.717) is 0 Å². The van der Waals surface area contributed by atoms with E-state index in [1.165, 1.54) is 18.0 Å². The molecule has 1 unspecified atom stereocenters. The standard InChI is InChI=1S/C11H15N5O5/c1-20-7-4(2-17)21-10(6(7)18)16-3-13-5-8(16)14-11(12)15-9(5)19/h3-4,6-7,10,17-18H,2H2,1H3,(H3,12,14,15,19)/t4-,6?,7+,10-/m1/s1. The number of aromatic amines is 1. The van der Waals surface area contributed by atoms with Gasteiger partial charge < -0.3 is 25.4 Å². The van der Waals surface area contributed by atoms with Gasteiger partial charge in [-0.25, -0.2) is 4.98 Å². The molecule has 4 atom stereocenters. The number of nitrogens with one attached hydrogen (secondary N) is 1. The second-order valence-corrected chi connectivity index (χ2v) is 4.71. The van der Waals surface area contributed by atoms with Crippen LogP contribution in [0.4, 0.5) is 5.95 Å². The molecule has 3 heterocycles. The van der Waals surface area contributed by atoms with Gasteiger partial charge in [0, 0.05) is 7.11 Å². The Morgan fingerprint density at radius 1 is 1.62 bits per heavy atom. The van der Waals surface area contributed by atoms with E-state index in [0.717, 1.165) is 0 Å². The molecule has 0 radical (unpaired) electrons. The Morgan fingerprint density at radius 3 is 3.00 bits per heavy atom. The summed E-state index contributed by atoms with van der Waals surface area (Å²) in [6.07, 6.45) is -1.99. The Hall–Kier alpha value is -2.01. The Kier molecular flexibility index (Phi) is 3.37. The lowest BCUT2D eigenvalue weighted by molar-refractivity contribution is -0.0535. The third kappa shape index (κ3) is 2.08. The van der Waals surface area contributed by atoms with Gasteiger partial charge in [0.15, 0.2) is 17.4 Å². The van der Waals surface area contributed by atoms with Crippen molar-refractivity contribution >= 4 is 17.1 Å². The van der Waals surface area contributed by atoms with Crippen molar-refractivity contribution < 1.29 is 19.7 Å². The van der Waals surface area contributed by atoms with Gasteiger partial charge in [-0.3, -0.25) is 14.3 Å². The largest absolute Gasteiger partial charge is 0.394 e. The number of nitrogens with zero attached hydrogens (tertiary/aromatic N) is 3. The summed E-state index contributed by atoms with van der Waals surface area (Å²) in [6.45, 7) is -0.311. The molecule has 3 rings (SSSR count). The van der Waals surface area contributed by atoms with Crippen LogP contribution in [0.15, 0.2) is 11.1 Å². The second kappa shape index (κ2) is 5.07. The van der Waals surface area contributed by atoms with Gasteiger partial charge in [0.2, 0.25) is 5.95 Å². The molecular formula is C11H15N5O5. The quantitative estimate of drug-likeness (QED) is 0.506. The Balaban J connectivity index is 2.07. The molecule has 1 aliphatic rings. The summed E-state index contributed by atoms with van der Waals surface area (Å²) in [5, 5.41) is 19.5. The van der Waals surface area contributed by atoms with Gasteiger partial charge in [0.25, 0.3) is 5.56 Å². The van der Waals surface area contributed by atoms with Crippen LogP contribution < -0.4 is 11.3 Å². The Labute approximate surface area is 118 Å². The van der Waals surface area contributed by atoms with E-state index in [1.807, 2.05) is 0 Å². The zero-order valence-corrected chi connectivity index (χ0v) is 11.1. The number of methoxy groups -OCH3 is 1. The molecule has 10 heteroatoms. The fourth-order valence-corrected chi connectivity index (χ4v) is 2.52. The molecule has 10 nitrogen and oxygen atoms in total. The van der Waals surface area contributed by atoms with E-state index in [1.54, 1.807) is 0 Å². The zero-order valence-electron chi connectivity index (χ0n) is 11.1. The third-order valence-electron chi connectivity index (χ3n) is 3.49. The predicted octanol–water partition coefficient (Wildman–Crippen LogP) is -2.03. The summed E-state index contributed by atoms with van der Waals surface area (Å²) in [5.74, 6) is -0.0660. The first-order valence-corrected chi connectivity index (χ1v) is 6.26. The van der Waals surface area contributed by atoms with Crippen LogP contribution in [0.1, 0.15) is 6.23 Å². The highest BCUT2D eigenvalue weighted by molar-refractivity contribution is 5.70. The number of rotatable bonds is 3. The maximum Gasteiger partial charge on any atom is 0.280 e. The summed E-state index contributed by atoms with van der Waals surface area (Å²) in [7, 11) is 1.41. The number of aromatic nitrogens is 4. The second-order valence-electron chi connectivity index (χ2n) is 4.71. The van der Waals surface area contributed by atoms with Gasteiger partial charge in [0.05, 0.1) is 12.9 Å². The van der Waals surface area contributed by atoms with Crippen molar-refractivity contribution in [3.63, 3.8) is 0 Å².